The molecule has 4 unspecified atom stereocenters. The Hall–Kier alpha value is -4.46. The molecule has 4 aliphatic rings. The summed E-state index contributed by atoms with van der Waals surface area (Å²) in [6.45, 7) is 1.92. The summed E-state index contributed by atoms with van der Waals surface area (Å²) in [4.78, 5) is 46.5. The summed E-state index contributed by atoms with van der Waals surface area (Å²) in [5.74, 6) is 0.821. The molecule has 0 bridgehead atoms. The van der Waals surface area contributed by atoms with Gasteiger partial charge in [0.05, 0.1) is 5.56 Å². The van der Waals surface area contributed by atoms with Gasteiger partial charge in [0.25, 0.3) is 5.91 Å². The number of nitrogens with one attached hydrogen (secondary N) is 1. The van der Waals surface area contributed by atoms with E-state index in [1.54, 1.807) is 12.3 Å². The number of pyridine rings is 1. The number of likely N-dealkylation sites (tertiary alicyclic amines) is 1. The molecule has 3 amide bonds. The van der Waals surface area contributed by atoms with E-state index in [0.717, 1.165) is 53.4 Å². The van der Waals surface area contributed by atoms with Crippen molar-refractivity contribution in [2.75, 3.05) is 5.32 Å². The van der Waals surface area contributed by atoms with Crippen LogP contribution in [0.1, 0.15) is 52.9 Å². The van der Waals surface area contributed by atoms with Gasteiger partial charge in [0, 0.05) is 28.8 Å². The summed E-state index contributed by atoms with van der Waals surface area (Å²) in [5, 5.41) is 3.71. The van der Waals surface area contributed by atoms with Crippen LogP contribution in [0.15, 0.2) is 60.8 Å². The van der Waals surface area contributed by atoms with Crippen LogP contribution in [0, 0.1) is 24.7 Å². The number of amides is 3. The molecule has 3 fully saturated rings. The second kappa shape index (κ2) is 9.79. The van der Waals surface area contributed by atoms with Gasteiger partial charge in [0.2, 0.25) is 11.8 Å². The Morgan fingerprint density at radius 3 is 2.56 bits per heavy atom. The van der Waals surface area contributed by atoms with Gasteiger partial charge in [-0.05, 0) is 110 Å². The number of nitrogens with two attached hydrogens (primary N) is 1. The van der Waals surface area contributed by atoms with Crippen molar-refractivity contribution in [3.8, 4) is 11.1 Å². The molecule has 3 N–H and O–H groups in total. The maximum absolute atomic E-state index is 14.0. The Balaban J connectivity index is 1.09. The van der Waals surface area contributed by atoms with E-state index in [2.05, 4.69) is 34.6 Å². The molecule has 4 aromatic rings. The lowest BCUT2D eigenvalue weighted by Crippen LogP contribution is -2.50. The molecule has 1 saturated heterocycles. The zero-order valence-electron chi connectivity index (χ0n) is 24.3. The Bertz CT molecular complexity index is 1830. The maximum Gasteiger partial charge on any atom is 0.250 e. The number of hydrogen-bond acceptors (Lipinski definition) is 4. The Morgan fingerprint density at radius 2 is 1.74 bits per heavy atom. The van der Waals surface area contributed by atoms with Crippen molar-refractivity contribution in [3.05, 3.63) is 83.2 Å². The number of anilines is 1. The van der Waals surface area contributed by atoms with E-state index in [0.29, 0.717) is 23.2 Å². The van der Waals surface area contributed by atoms with E-state index in [4.69, 9.17) is 5.73 Å². The average molecular weight is 574 g/mol. The van der Waals surface area contributed by atoms with Crippen LogP contribution in [0.25, 0.3) is 22.0 Å². The first-order valence-corrected chi connectivity index (χ1v) is 15.5. The summed E-state index contributed by atoms with van der Waals surface area (Å²) in [5.41, 5.74) is 12.8. The number of carbonyl (C=O) groups is 3. The fourth-order valence-corrected chi connectivity index (χ4v) is 8.47. The van der Waals surface area contributed by atoms with Crippen LogP contribution in [0.3, 0.4) is 0 Å². The number of benzene rings is 2. The number of primary amides is 1. The molecular formula is C35H35N5O3. The van der Waals surface area contributed by atoms with Crippen LogP contribution in [-0.4, -0.2) is 44.3 Å². The van der Waals surface area contributed by atoms with Crippen LogP contribution in [0.5, 0.6) is 0 Å². The van der Waals surface area contributed by atoms with E-state index >= 15 is 0 Å². The van der Waals surface area contributed by atoms with Gasteiger partial charge in [-0.3, -0.25) is 14.4 Å². The van der Waals surface area contributed by atoms with E-state index in [1.165, 1.54) is 24.0 Å². The molecule has 218 valence electrons. The van der Waals surface area contributed by atoms with Crippen LogP contribution < -0.4 is 11.1 Å². The van der Waals surface area contributed by atoms with Gasteiger partial charge in [-0.1, -0.05) is 30.3 Å². The lowest BCUT2D eigenvalue weighted by molar-refractivity contribution is -0.140. The molecule has 3 aliphatic carbocycles. The lowest BCUT2D eigenvalue weighted by Gasteiger charge is -2.31. The fraction of sp³-hybridized carbons (Fsp3) is 0.371. The predicted molar refractivity (Wildman–Crippen MR) is 164 cm³/mol. The minimum atomic E-state index is -0.525. The molecule has 3 heterocycles. The molecule has 2 aromatic carbocycles. The first-order valence-electron chi connectivity index (χ1n) is 15.5. The minimum Gasteiger partial charge on any atom is -0.366 e. The number of piperidine rings is 1. The van der Waals surface area contributed by atoms with Crippen molar-refractivity contribution in [1.29, 1.82) is 0 Å². The third-order valence-electron chi connectivity index (χ3n) is 10.4. The lowest BCUT2D eigenvalue weighted by atomic mass is 9.89. The highest BCUT2D eigenvalue weighted by molar-refractivity contribution is 6.07. The fourth-order valence-electron chi connectivity index (χ4n) is 8.47. The number of carbonyl (C=O) groups excluding carboxylic acids is 3. The molecular weight excluding hydrogens is 538 g/mol. The zero-order valence-corrected chi connectivity index (χ0v) is 24.3. The van der Waals surface area contributed by atoms with E-state index in [1.807, 2.05) is 40.7 Å². The van der Waals surface area contributed by atoms with Gasteiger partial charge in [0.1, 0.15) is 18.4 Å². The Labute approximate surface area is 250 Å². The van der Waals surface area contributed by atoms with Crippen molar-refractivity contribution >= 4 is 34.4 Å². The molecule has 43 heavy (non-hydrogen) atoms. The van der Waals surface area contributed by atoms with Crippen molar-refractivity contribution in [3.63, 3.8) is 0 Å². The number of aryl methyl sites for hydroxylation is 3. The number of nitrogens with zero attached hydrogens (tertiary/aromatic N) is 3. The van der Waals surface area contributed by atoms with E-state index in [9.17, 15) is 14.4 Å². The molecule has 2 saturated carbocycles. The SMILES string of the molecule is Cc1cccc(NC(=O)[C@@H]2C3C4CCC(C43)N2C(=O)Cn2cc(C(N)=O)c3cc(-c4ccc5c(c4)CCCC5)ccc32)n1. The Morgan fingerprint density at radius 1 is 0.953 bits per heavy atom. The van der Waals surface area contributed by atoms with E-state index in [-0.39, 0.29) is 30.3 Å². The van der Waals surface area contributed by atoms with Crippen molar-refractivity contribution in [1.82, 2.24) is 14.5 Å². The first-order chi connectivity index (χ1) is 20.9. The van der Waals surface area contributed by atoms with Gasteiger partial charge in [-0.2, -0.15) is 0 Å². The molecule has 8 rings (SSSR count). The Kier molecular flexibility index (Phi) is 5.96. The van der Waals surface area contributed by atoms with Gasteiger partial charge in [-0.25, -0.2) is 4.98 Å². The van der Waals surface area contributed by atoms with Gasteiger partial charge >= 0.3 is 0 Å². The average Bonchev–Trinajstić information content (AvgIpc) is 3.24. The van der Waals surface area contributed by atoms with Crippen molar-refractivity contribution < 1.29 is 14.4 Å². The van der Waals surface area contributed by atoms with E-state index < -0.39 is 11.9 Å². The number of rotatable bonds is 6. The van der Waals surface area contributed by atoms with Gasteiger partial charge in [0.15, 0.2) is 0 Å². The van der Waals surface area contributed by atoms with Crippen LogP contribution >= 0.6 is 0 Å². The standard InChI is InChI=1S/C35H35N5O3/c1-19-5-4-8-29(37-19)38-35(43)33-32-24-12-14-28(31(24)32)40(33)30(41)18-39-17-26(34(36)42)25-16-23(11-13-27(25)39)22-10-9-20-6-2-3-7-21(20)15-22/h4-5,8-11,13,15-17,24,28,31-33H,2-3,6-7,12,14,18H2,1H3,(H2,36,42)(H,37,38,43)/t24?,28?,31?,32?,33-/m0/s1. The van der Waals surface area contributed by atoms with Crippen LogP contribution in [0.4, 0.5) is 5.82 Å². The van der Waals surface area contributed by atoms with Gasteiger partial charge < -0.3 is 20.5 Å². The molecule has 8 nitrogen and oxygen atoms in total. The predicted octanol–water partition coefficient (Wildman–Crippen LogP) is 4.86. The highest BCUT2D eigenvalue weighted by atomic mass is 16.2. The maximum atomic E-state index is 14.0. The smallest absolute Gasteiger partial charge is 0.250 e. The second-order valence-corrected chi connectivity index (χ2v) is 12.8. The quantitative estimate of drug-likeness (QED) is 0.343. The molecule has 0 spiro atoms. The molecule has 8 heteroatoms. The molecule has 2 aromatic heterocycles. The molecule has 0 radical (unpaired) electrons. The summed E-state index contributed by atoms with van der Waals surface area (Å²) in [7, 11) is 0. The number of aromatic nitrogens is 2. The summed E-state index contributed by atoms with van der Waals surface area (Å²) in [6, 6.07) is 17.8. The normalized spacial score (nSPS) is 25.0. The monoisotopic (exact) mass is 573 g/mol. The highest BCUT2D eigenvalue weighted by Gasteiger charge is 2.71. The largest absolute Gasteiger partial charge is 0.366 e. The summed E-state index contributed by atoms with van der Waals surface area (Å²) >= 11 is 0. The summed E-state index contributed by atoms with van der Waals surface area (Å²) in [6.07, 6.45) is 8.35. The zero-order chi connectivity index (χ0) is 29.4. The van der Waals surface area contributed by atoms with Crippen LogP contribution in [0.2, 0.25) is 0 Å². The van der Waals surface area contributed by atoms with Crippen molar-refractivity contribution in [2.24, 2.45) is 23.5 Å². The van der Waals surface area contributed by atoms with Crippen molar-refractivity contribution in [2.45, 2.75) is 64.1 Å². The third-order valence-corrected chi connectivity index (χ3v) is 10.4. The summed E-state index contributed by atoms with van der Waals surface area (Å²) < 4.78 is 1.82. The highest BCUT2D eigenvalue weighted by Crippen LogP contribution is 2.66. The molecule has 5 atom stereocenters. The number of fused-ring (bicyclic) bond motifs is 3. The minimum absolute atomic E-state index is 0.0368. The topological polar surface area (TPSA) is 110 Å². The second-order valence-electron chi connectivity index (χ2n) is 12.8. The third kappa shape index (κ3) is 4.26. The van der Waals surface area contributed by atoms with Gasteiger partial charge in [-0.15, -0.1) is 0 Å². The number of hydrogen-bond donors (Lipinski definition) is 2. The first kappa shape index (κ1) is 26.2. The molecule has 1 aliphatic heterocycles. The van der Waals surface area contributed by atoms with Crippen LogP contribution in [-0.2, 0) is 29.0 Å².